The SMILES string of the molecule is CCN(CC(=O)Nc1ccc(N2CC(C)OC(C)C2)cc1)Cc1ccc(Cl)s1. The van der Waals surface area contributed by atoms with E-state index in [1.165, 1.54) is 0 Å². The Hall–Kier alpha value is -1.60. The molecule has 1 aliphatic rings. The van der Waals surface area contributed by atoms with Gasteiger partial charge in [-0.2, -0.15) is 0 Å². The molecule has 2 aromatic rings. The number of halogens is 1. The van der Waals surface area contributed by atoms with Crippen molar-refractivity contribution >= 4 is 40.2 Å². The van der Waals surface area contributed by atoms with Crippen LogP contribution in [0.5, 0.6) is 0 Å². The van der Waals surface area contributed by atoms with E-state index in [-0.39, 0.29) is 18.1 Å². The molecule has 3 rings (SSSR count). The van der Waals surface area contributed by atoms with Gasteiger partial charge >= 0.3 is 0 Å². The highest BCUT2D eigenvalue weighted by molar-refractivity contribution is 7.16. The third-order valence-electron chi connectivity index (χ3n) is 4.76. The van der Waals surface area contributed by atoms with E-state index < -0.39 is 0 Å². The molecule has 28 heavy (non-hydrogen) atoms. The second kappa shape index (κ2) is 9.74. The fraction of sp³-hybridized carbons (Fsp3) is 0.476. The zero-order valence-corrected chi connectivity index (χ0v) is 18.2. The van der Waals surface area contributed by atoms with Crippen molar-refractivity contribution in [3.05, 3.63) is 45.6 Å². The third kappa shape index (κ3) is 5.95. The number of morpholine rings is 1. The Bertz CT molecular complexity index is 770. The second-order valence-corrected chi connectivity index (χ2v) is 9.07. The van der Waals surface area contributed by atoms with E-state index in [2.05, 4.69) is 48.0 Å². The first kappa shape index (κ1) is 21.1. The van der Waals surface area contributed by atoms with Crippen molar-refractivity contribution in [2.45, 2.75) is 39.5 Å². The molecule has 0 spiro atoms. The minimum Gasteiger partial charge on any atom is -0.372 e. The quantitative estimate of drug-likeness (QED) is 0.716. The zero-order valence-electron chi connectivity index (χ0n) is 16.7. The van der Waals surface area contributed by atoms with E-state index in [1.54, 1.807) is 11.3 Å². The first-order valence-electron chi connectivity index (χ1n) is 9.69. The van der Waals surface area contributed by atoms with E-state index in [1.807, 2.05) is 24.3 Å². The van der Waals surface area contributed by atoms with Crippen molar-refractivity contribution in [3.8, 4) is 0 Å². The van der Waals surface area contributed by atoms with Crippen LogP contribution < -0.4 is 10.2 Å². The third-order valence-corrected chi connectivity index (χ3v) is 5.97. The van der Waals surface area contributed by atoms with E-state index in [9.17, 15) is 4.79 Å². The summed E-state index contributed by atoms with van der Waals surface area (Å²) in [5, 5.41) is 3.00. The number of hydrogen-bond acceptors (Lipinski definition) is 5. The van der Waals surface area contributed by atoms with Crippen molar-refractivity contribution in [1.82, 2.24) is 4.90 Å². The maximum absolute atomic E-state index is 12.4. The molecule has 1 aromatic heterocycles. The molecular weight excluding hydrogens is 394 g/mol. The summed E-state index contributed by atoms with van der Waals surface area (Å²) in [5.74, 6) is -0.00845. The van der Waals surface area contributed by atoms with Gasteiger partial charge in [-0.25, -0.2) is 0 Å². The minimum absolute atomic E-state index is 0.00845. The number of nitrogens with zero attached hydrogens (tertiary/aromatic N) is 2. The maximum atomic E-state index is 12.4. The van der Waals surface area contributed by atoms with Crippen LogP contribution in [0.3, 0.4) is 0 Å². The Morgan fingerprint density at radius 1 is 1.21 bits per heavy atom. The summed E-state index contributed by atoms with van der Waals surface area (Å²) < 4.78 is 6.57. The van der Waals surface area contributed by atoms with Gasteiger partial charge in [0.1, 0.15) is 0 Å². The number of nitrogens with one attached hydrogen (secondary N) is 1. The summed E-state index contributed by atoms with van der Waals surface area (Å²) in [7, 11) is 0. The largest absolute Gasteiger partial charge is 0.372 e. The van der Waals surface area contributed by atoms with Gasteiger partial charge in [0.2, 0.25) is 5.91 Å². The van der Waals surface area contributed by atoms with Crippen LogP contribution >= 0.6 is 22.9 Å². The van der Waals surface area contributed by atoms with Crippen molar-refractivity contribution in [1.29, 1.82) is 0 Å². The summed E-state index contributed by atoms with van der Waals surface area (Å²) in [4.78, 5) is 18.0. The maximum Gasteiger partial charge on any atom is 0.238 e. The first-order chi connectivity index (χ1) is 13.4. The fourth-order valence-corrected chi connectivity index (χ4v) is 4.61. The standard InChI is InChI=1S/C21H28ClN3O2S/c1-4-24(13-19-9-10-20(22)28-19)14-21(26)23-17-5-7-18(8-6-17)25-11-15(2)27-16(3)12-25/h5-10,15-16H,4,11-14H2,1-3H3,(H,23,26). The minimum atomic E-state index is -0.00845. The molecule has 1 amide bonds. The molecule has 7 heteroatoms. The summed E-state index contributed by atoms with van der Waals surface area (Å²) >= 11 is 7.55. The van der Waals surface area contributed by atoms with Gasteiger partial charge < -0.3 is 15.0 Å². The number of benzene rings is 1. The predicted molar refractivity (Wildman–Crippen MR) is 118 cm³/mol. The molecule has 1 aliphatic heterocycles. The molecule has 152 valence electrons. The molecule has 0 saturated carbocycles. The fourth-order valence-electron chi connectivity index (χ4n) is 3.48. The average molecular weight is 422 g/mol. The van der Waals surface area contributed by atoms with Gasteiger partial charge in [0.05, 0.1) is 23.1 Å². The lowest BCUT2D eigenvalue weighted by Gasteiger charge is -2.36. The number of hydrogen-bond donors (Lipinski definition) is 1. The molecule has 0 radical (unpaired) electrons. The molecule has 0 aliphatic carbocycles. The van der Waals surface area contributed by atoms with Crippen LogP contribution in [0.2, 0.25) is 4.34 Å². The molecule has 1 saturated heterocycles. The number of anilines is 2. The topological polar surface area (TPSA) is 44.8 Å². The van der Waals surface area contributed by atoms with Crippen LogP contribution in [-0.4, -0.2) is 49.2 Å². The van der Waals surface area contributed by atoms with Gasteiger partial charge in [-0.1, -0.05) is 18.5 Å². The first-order valence-corrected chi connectivity index (χ1v) is 10.9. The smallest absolute Gasteiger partial charge is 0.238 e. The van der Waals surface area contributed by atoms with Crippen molar-refractivity contribution in [3.63, 3.8) is 0 Å². The zero-order chi connectivity index (χ0) is 20.1. The lowest BCUT2D eigenvalue weighted by Crippen LogP contribution is -2.45. The lowest BCUT2D eigenvalue weighted by atomic mass is 10.2. The molecule has 1 fully saturated rings. The average Bonchev–Trinajstić information content (AvgIpc) is 3.05. The number of ether oxygens (including phenoxy) is 1. The Morgan fingerprint density at radius 3 is 2.46 bits per heavy atom. The molecule has 5 nitrogen and oxygen atoms in total. The highest BCUT2D eigenvalue weighted by Crippen LogP contribution is 2.24. The molecule has 2 atom stereocenters. The van der Waals surface area contributed by atoms with Crippen molar-refractivity contribution in [2.75, 3.05) is 36.4 Å². The summed E-state index contributed by atoms with van der Waals surface area (Å²) in [6.45, 7) is 9.90. The summed E-state index contributed by atoms with van der Waals surface area (Å²) in [5.41, 5.74) is 1.98. The predicted octanol–water partition coefficient (Wildman–Crippen LogP) is 4.48. The summed E-state index contributed by atoms with van der Waals surface area (Å²) in [6, 6.07) is 12.0. The van der Waals surface area contributed by atoms with Crippen LogP contribution in [0.4, 0.5) is 11.4 Å². The Balaban J connectivity index is 1.53. The summed E-state index contributed by atoms with van der Waals surface area (Å²) in [6.07, 6.45) is 0.447. The van der Waals surface area contributed by atoms with Crippen LogP contribution in [0.15, 0.2) is 36.4 Å². The van der Waals surface area contributed by atoms with E-state index in [0.717, 1.165) is 46.8 Å². The number of carbonyl (C=O) groups excluding carboxylic acids is 1. The van der Waals surface area contributed by atoms with Crippen LogP contribution in [0.25, 0.3) is 0 Å². The van der Waals surface area contributed by atoms with Gasteiger partial charge in [-0.3, -0.25) is 9.69 Å². The highest BCUT2D eigenvalue weighted by atomic mass is 35.5. The molecular formula is C21H28ClN3O2S. The van der Waals surface area contributed by atoms with Gasteiger partial charge in [0, 0.05) is 35.9 Å². The van der Waals surface area contributed by atoms with Crippen LogP contribution in [0.1, 0.15) is 25.6 Å². The number of thiophene rings is 1. The van der Waals surface area contributed by atoms with Crippen LogP contribution in [0, 0.1) is 0 Å². The molecule has 1 aromatic carbocycles. The molecule has 0 bridgehead atoms. The van der Waals surface area contributed by atoms with E-state index in [0.29, 0.717) is 6.54 Å². The molecule has 1 N–H and O–H groups in total. The molecule has 2 heterocycles. The van der Waals surface area contributed by atoms with Crippen LogP contribution in [-0.2, 0) is 16.1 Å². The van der Waals surface area contributed by atoms with Gasteiger partial charge in [0.25, 0.3) is 0 Å². The Labute approximate surface area is 176 Å². The normalized spacial score (nSPS) is 19.8. The van der Waals surface area contributed by atoms with E-state index >= 15 is 0 Å². The van der Waals surface area contributed by atoms with Crippen molar-refractivity contribution < 1.29 is 9.53 Å². The Kier molecular flexibility index (Phi) is 7.35. The number of carbonyl (C=O) groups is 1. The van der Waals surface area contributed by atoms with Gasteiger partial charge in [0.15, 0.2) is 0 Å². The highest BCUT2D eigenvalue weighted by Gasteiger charge is 2.22. The van der Waals surface area contributed by atoms with Gasteiger partial charge in [-0.15, -0.1) is 11.3 Å². The number of likely N-dealkylation sites (N-methyl/N-ethyl adjacent to an activating group) is 1. The lowest BCUT2D eigenvalue weighted by molar-refractivity contribution is -0.117. The number of rotatable bonds is 7. The van der Waals surface area contributed by atoms with E-state index in [4.69, 9.17) is 16.3 Å². The van der Waals surface area contributed by atoms with Crippen molar-refractivity contribution in [2.24, 2.45) is 0 Å². The second-order valence-electron chi connectivity index (χ2n) is 7.27. The molecule has 2 unspecified atom stereocenters. The Morgan fingerprint density at radius 2 is 1.89 bits per heavy atom. The number of amides is 1. The monoisotopic (exact) mass is 421 g/mol. The van der Waals surface area contributed by atoms with Gasteiger partial charge in [-0.05, 0) is 56.8 Å².